The highest BCUT2D eigenvalue weighted by Crippen LogP contribution is 2.38. The second kappa shape index (κ2) is 11.1. The molecule has 0 unspecified atom stereocenters. The molecule has 0 radical (unpaired) electrons. The average molecular weight is 624 g/mol. The smallest absolute Gasteiger partial charge is 0.349 e. The van der Waals surface area contributed by atoms with Crippen LogP contribution >= 0.6 is 0 Å². The van der Waals surface area contributed by atoms with E-state index in [9.17, 15) is 9.59 Å². The van der Waals surface area contributed by atoms with E-state index < -0.39 is 17.3 Å². The Balaban J connectivity index is 1.58. The number of amides is 1. The molecule has 0 N–H and O–H groups in total. The van der Waals surface area contributed by atoms with Crippen LogP contribution in [0.5, 0.6) is 0 Å². The standard InChI is InChI=1S/C35H35F2N7O2/c1-6-27(45)42-17-21(5)43(18-20(42)4)33-24-16-26(37)30-28-25(36)10-9-23-12-15-41(31(23)28)14-7-8-22-11-13-38-29(19(2)3)32(22)44(34(24)39-30)35(46)40-33/h6,9-13,15-16,19-21H,1,7-8,14,17-18H2,2-5H3/t20-,21+/m1/s1. The van der Waals surface area contributed by atoms with E-state index in [1.54, 1.807) is 17.2 Å². The minimum absolute atomic E-state index is 0.0499. The van der Waals surface area contributed by atoms with Crippen molar-refractivity contribution in [2.75, 3.05) is 18.0 Å². The van der Waals surface area contributed by atoms with Gasteiger partial charge in [-0.1, -0.05) is 20.4 Å². The normalized spacial score (nSPS) is 18.2. The topological polar surface area (TPSA) is 89.2 Å². The second-order valence-corrected chi connectivity index (χ2v) is 12.6. The van der Waals surface area contributed by atoms with Gasteiger partial charge in [-0.25, -0.2) is 23.1 Å². The number of anilines is 1. The maximum atomic E-state index is 16.5. The monoisotopic (exact) mass is 623 g/mol. The molecule has 4 aromatic heterocycles. The largest absolute Gasteiger partial charge is 0.355 e. The number of benzene rings is 1. The van der Waals surface area contributed by atoms with Crippen LogP contribution < -0.4 is 10.6 Å². The Morgan fingerprint density at radius 3 is 2.63 bits per heavy atom. The fraction of sp³-hybridized carbons (Fsp3) is 0.343. The number of hydrogen-bond acceptors (Lipinski definition) is 6. The zero-order chi connectivity index (χ0) is 32.4. The van der Waals surface area contributed by atoms with E-state index in [0.29, 0.717) is 54.8 Å². The van der Waals surface area contributed by atoms with E-state index >= 15 is 8.78 Å². The highest BCUT2D eigenvalue weighted by Gasteiger charge is 2.34. The molecule has 2 atom stereocenters. The van der Waals surface area contributed by atoms with Crippen molar-refractivity contribution < 1.29 is 13.6 Å². The molecule has 7 rings (SSSR count). The van der Waals surface area contributed by atoms with E-state index in [1.807, 2.05) is 55.5 Å². The summed E-state index contributed by atoms with van der Waals surface area (Å²) in [6.45, 7) is 12.7. The van der Waals surface area contributed by atoms with Crippen LogP contribution in [-0.2, 0) is 17.8 Å². The van der Waals surface area contributed by atoms with Crippen LogP contribution in [0.4, 0.5) is 14.6 Å². The zero-order valence-corrected chi connectivity index (χ0v) is 26.3. The van der Waals surface area contributed by atoms with Gasteiger partial charge in [0.25, 0.3) is 0 Å². The van der Waals surface area contributed by atoms with Crippen LogP contribution in [0.1, 0.15) is 51.3 Å². The number of pyridine rings is 2. The van der Waals surface area contributed by atoms with Gasteiger partial charge >= 0.3 is 5.69 Å². The number of aryl methyl sites for hydroxylation is 2. The number of piperazine rings is 1. The van der Waals surface area contributed by atoms with Crippen molar-refractivity contribution in [1.82, 2.24) is 29.0 Å². The summed E-state index contributed by atoms with van der Waals surface area (Å²) in [6, 6.07) is 7.64. The van der Waals surface area contributed by atoms with Crippen LogP contribution in [0.2, 0.25) is 0 Å². The van der Waals surface area contributed by atoms with Crippen LogP contribution in [0.25, 0.3) is 38.9 Å². The molecule has 6 heterocycles. The SMILES string of the molecule is C=CC(=O)N1C[C@H](C)N(c2nc(=O)n3c4nc(c(F)cc24)-c2c(F)ccc4ccn(c24)CCCc2ccnc(C(C)C)c2-3)C[C@H]1C. The summed E-state index contributed by atoms with van der Waals surface area (Å²) in [5.41, 5.74) is 2.16. The van der Waals surface area contributed by atoms with Gasteiger partial charge in [0.2, 0.25) is 5.91 Å². The molecule has 0 aliphatic carbocycles. The first kappa shape index (κ1) is 29.8. The number of hydrogen-bond donors (Lipinski definition) is 0. The molecule has 0 saturated carbocycles. The van der Waals surface area contributed by atoms with Crippen LogP contribution in [0, 0.1) is 11.6 Å². The fourth-order valence-electron chi connectivity index (χ4n) is 7.06. The highest BCUT2D eigenvalue weighted by molar-refractivity contribution is 5.97. The van der Waals surface area contributed by atoms with Crippen LogP contribution in [0.3, 0.4) is 0 Å². The van der Waals surface area contributed by atoms with Crippen LogP contribution in [0.15, 0.2) is 60.2 Å². The van der Waals surface area contributed by atoms with Crippen molar-refractivity contribution in [3.05, 3.63) is 88.8 Å². The summed E-state index contributed by atoms with van der Waals surface area (Å²) in [5, 5.41) is 1.08. The third-order valence-corrected chi connectivity index (χ3v) is 9.29. The molecule has 236 valence electrons. The Kier molecular flexibility index (Phi) is 7.21. The Labute approximate surface area is 264 Å². The number of halogens is 2. The molecule has 2 aliphatic heterocycles. The Bertz CT molecular complexity index is 2120. The molecule has 1 saturated heterocycles. The Hall–Kier alpha value is -4.93. The first-order valence-corrected chi connectivity index (χ1v) is 15.7. The van der Waals surface area contributed by atoms with Gasteiger partial charge in [0.05, 0.1) is 27.8 Å². The van der Waals surface area contributed by atoms with Crippen molar-refractivity contribution >= 4 is 33.7 Å². The van der Waals surface area contributed by atoms with Gasteiger partial charge < -0.3 is 14.4 Å². The van der Waals surface area contributed by atoms with Crippen LogP contribution in [-0.4, -0.2) is 60.1 Å². The second-order valence-electron chi connectivity index (χ2n) is 12.6. The average Bonchev–Trinajstić information content (AvgIpc) is 3.43. The minimum atomic E-state index is -0.728. The lowest BCUT2D eigenvalue weighted by Gasteiger charge is -2.44. The molecule has 1 aromatic carbocycles. The minimum Gasteiger partial charge on any atom is -0.349 e. The lowest BCUT2D eigenvalue weighted by atomic mass is 10.00. The zero-order valence-electron chi connectivity index (χ0n) is 26.3. The van der Waals surface area contributed by atoms with Gasteiger partial charge in [-0.3, -0.25) is 9.78 Å². The highest BCUT2D eigenvalue weighted by atomic mass is 19.1. The summed E-state index contributed by atoms with van der Waals surface area (Å²) in [5.74, 6) is -1.30. The maximum Gasteiger partial charge on any atom is 0.355 e. The summed E-state index contributed by atoms with van der Waals surface area (Å²) in [7, 11) is 0. The lowest BCUT2D eigenvalue weighted by molar-refractivity contribution is -0.128. The summed E-state index contributed by atoms with van der Waals surface area (Å²) in [4.78, 5) is 44.6. The van der Waals surface area contributed by atoms with Gasteiger partial charge in [-0.05, 0) is 74.6 Å². The molecule has 5 aromatic rings. The third-order valence-electron chi connectivity index (χ3n) is 9.29. The van der Waals surface area contributed by atoms with E-state index in [4.69, 9.17) is 4.98 Å². The Morgan fingerprint density at radius 2 is 1.87 bits per heavy atom. The number of aromatic nitrogens is 5. The van der Waals surface area contributed by atoms with Crippen molar-refractivity contribution in [3.63, 3.8) is 0 Å². The molecule has 0 spiro atoms. The molecule has 2 aliphatic rings. The van der Waals surface area contributed by atoms with Crippen molar-refractivity contribution in [2.45, 2.75) is 65.1 Å². The molecular weight excluding hydrogens is 588 g/mol. The van der Waals surface area contributed by atoms with Gasteiger partial charge in [0, 0.05) is 49.5 Å². The molecule has 9 nitrogen and oxygen atoms in total. The molecular formula is C35H35F2N7O2. The summed E-state index contributed by atoms with van der Waals surface area (Å²) < 4.78 is 35.7. The lowest BCUT2D eigenvalue weighted by Crippen LogP contribution is -2.58. The van der Waals surface area contributed by atoms with Gasteiger partial charge in [-0.2, -0.15) is 4.98 Å². The quantitative estimate of drug-likeness (QED) is 0.238. The van der Waals surface area contributed by atoms with Crippen molar-refractivity contribution in [1.29, 1.82) is 0 Å². The number of fused-ring (bicyclic) bond motifs is 4. The molecule has 46 heavy (non-hydrogen) atoms. The van der Waals surface area contributed by atoms with E-state index in [2.05, 4.69) is 16.5 Å². The van der Waals surface area contributed by atoms with E-state index in [-0.39, 0.29) is 46.6 Å². The summed E-state index contributed by atoms with van der Waals surface area (Å²) in [6.07, 6.45) is 6.23. The number of carbonyl (C=O) groups excluding carboxylic acids is 1. The molecule has 1 fully saturated rings. The summed E-state index contributed by atoms with van der Waals surface area (Å²) >= 11 is 0. The predicted octanol–water partition coefficient (Wildman–Crippen LogP) is 5.76. The van der Waals surface area contributed by atoms with E-state index in [1.165, 1.54) is 22.8 Å². The van der Waals surface area contributed by atoms with Gasteiger partial charge in [0.15, 0.2) is 11.5 Å². The first-order chi connectivity index (χ1) is 22.1. The van der Waals surface area contributed by atoms with Gasteiger partial charge in [-0.15, -0.1) is 0 Å². The Morgan fingerprint density at radius 1 is 1.07 bits per heavy atom. The molecule has 2 bridgehead atoms. The first-order valence-electron chi connectivity index (χ1n) is 15.7. The van der Waals surface area contributed by atoms with Gasteiger partial charge in [0.1, 0.15) is 17.3 Å². The fourth-order valence-corrected chi connectivity index (χ4v) is 7.06. The third kappa shape index (κ3) is 4.59. The van der Waals surface area contributed by atoms with Crippen molar-refractivity contribution in [2.24, 2.45) is 0 Å². The molecule has 11 heteroatoms. The number of rotatable bonds is 3. The van der Waals surface area contributed by atoms with Crippen molar-refractivity contribution in [3.8, 4) is 16.9 Å². The number of carbonyl (C=O) groups is 1. The molecule has 1 amide bonds. The predicted molar refractivity (Wildman–Crippen MR) is 174 cm³/mol. The maximum absolute atomic E-state index is 16.5. The number of nitrogens with zero attached hydrogens (tertiary/aromatic N) is 7. The van der Waals surface area contributed by atoms with E-state index in [0.717, 1.165) is 10.9 Å².